The van der Waals surface area contributed by atoms with Crippen molar-refractivity contribution in [2.45, 2.75) is 11.8 Å². The van der Waals surface area contributed by atoms with Crippen LogP contribution in [0.4, 0.5) is 0 Å². The number of carboxylic acids is 2. The maximum Gasteiger partial charge on any atom is 0.336 e. The van der Waals surface area contributed by atoms with Crippen LogP contribution in [-0.4, -0.2) is 36.3 Å². The predicted octanol–water partition coefficient (Wildman–Crippen LogP) is 0.877. The zero-order valence-corrected chi connectivity index (χ0v) is 9.69. The molecule has 0 bridgehead atoms. The lowest BCUT2D eigenvalue weighted by Crippen LogP contribution is -2.11. The number of aromatic carboxylic acids is 2. The van der Waals surface area contributed by atoms with Crippen molar-refractivity contribution < 1.29 is 28.2 Å². The van der Waals surface area contributed by atoms with Crippen LogP contribution >= 0.6 is 0 Å². The van der Waals surface area contributed by atoms with Crippen molar-refractivity contribution in [3.05, 3.63) is 29.3 Å². The average molecular weight is 258 g/mol. The molecule has 6 nitrogen and oxygen atoms in total. The second-order valence-corrected chi connectivity index (χ2v) is 5.50. The summed E-state index contributed by atoms with van der Waals surface area (Å²) >= 11 is 0. The second-order valence-electron chi connectivity index (χ2n) is 3.22. The molecule has 0 radical (unpaired) electrons. The summed E-state index contributed by atoms with van der Waals surface area (Å²) in [6.07, 6.45) is 0. The molecule has 0 amide bonds. The van der Waals surface area contributed by atoms with Crippen LogP contribution in [-0.2, 0) is 9.84 Å². The van der Waals surface area contributed by atoms with Crippen LogP contribution in [0.3, 0.4) is 0 Å². The van der Waals surface area contributed by atoms with Gasteiger partial charge in [-0.25, -0.2) is 18.0 Å². The van der Waals surface area contributed by atoms with Crippen molar-refractivity contribution in [1.82, 2.24) is 0 Å². The fraction of sp³-hybridized carbons (Fsp3) is 0.200. The molecule has 2 N–H and O–H groups in total. The highest BCUT2D eigenvalue weighted by molar-refractivity contribution is 7.91. The summed E-state index contributed by atoms with van der Waals surface area (Å²) in [5.74, 6) is -3.07. The molecule has 0 saturated carbocycles. The quantitative estimate of drug-likeness (QED) is 0.829. The minimum Gasteiger partial charge on any atom is -0.478 e. The SMILES string of the molecule is CCS(=O)(=O)c1ccc(C(=O)O)c(C(=O)O)c1. The lowest BCUT2D eigenvalue weighted by molar-refractivity contribution is 0.0651. The molecule has 0 unspecified atom stereocenters. The van der Waals surface area contributed by atoms with E-state index in [0.29, 0.717) is 0 Å². The minimum absolute atomic E-state index is 0.182. The lowest BCUT2D eigenvalue weighted by Gasteiger charge is -2.05. The number of carboxylic acid groups (broad SMARTS) is 2. The van der Waals surface area contributed by atoms with E-state index in [1.807, 2.05) is 0 Å². The van der Waals surface area contributed by atoms with Gasteiger partial charge in [0.05, 0.1) is 21.8 Å². The molecule has 0 aromatic heterocycles. The van der Waals surface area contributed by atoms with Crippen LogP contribution in [0.15, 0.2) is 23.1 Å². The van der Waals surface area contributed by atoms with E-state index < -0.39 is 32.9 Å². The van der Waals surface area contributed by atoms with Gasteiger partial charge in [-0.15, -0.1) is 0 Å². The Bertz CT molecular complexity index is 572. The van der Waals surface area contributed by atoms with E-state index in [1.165, 1.54) is 6.92 Å². The lowest BCUT2D eigenvalue weighted by atomic mass is 10.1. The van der Waals surface area contributed by atoms with E-state index >= 15 is 0 Å². The molecule has 0 aliphatic carbocycles. The molecule has 1 rings (SSSR count). The summed E-state index contributed by atoms with van der Waals surface area (Å²) in [5, 5.41) is 17.6. The predicted molar refractivity (Wildman–Crippen MR) is 58.1 cm³/mol. The molecule has 0 atom stereocenters. The van der Waals surface area contributed by atoms with Gasteiger partial charge in [0.1, 0.15) is 0 Å². The van der Waals surface area contributed by atoms with Crippen LogP contribution in [0.5, 0.6) is 0 Å². The molecular formula is C10H10O6S. The molecule has 0 saturated heterocycles. The maximum atomic E-state index is 11.5. The molecule has 0 heterocycles. The van der Waals surface area contributed by atoms with Crippen LogP contribution in [0.25, 0.3) is 0 Å². The summed E-state index contributed by atoms with van der Waals surface area (Å²) in [4.78, 5) is 21.4. The van der Waals surface area contributed by atoms with Gasteiger partial charge in [-0.3, -0.25) is 0 Å². The monoisotopic (exact) mass is 258 g/mol. The number of hydrogen-bond acceptors (Lipinski definition) is 4. The van der Waals surface area contributed by atoms with Gasteiger partial charge in [-0.1, -0.05) is 6.92 Å². The molecule has 17 heavy (non-hydrogen) atoms. The Morgan fingerprint density at radius 1 is 1.12 bits per heavy atom. The number of carbonyl (C=O) groups is 2. The highest BCUT2D eigenvalue weighted by Crippen LogP contribution is 2.17. The summed E-state index contributed by atoms with van der Waals surface area (Å²) in [5.41, 5.74) is -0.973. The van der Waals surface area contributed by atoms with Gasteiger partial charge in [0.2, 0.25) is 0 Å². The van der Waals surface area contributed by atoms with E-state index in [-0.39, 0.29) is 10.6 Å². The van der Waals surface area contributed by atoms with Crippen LogP contribution in [0.1, 0.15) is 27.6 Å². The molecule has 1 aromatic carbocycles. The number of sulfone groups is 1. The van der Waals surface area contributed by atoms with Crippen LogP contribution < -0.4 is 0 Å². The minimum atomic E-state index is -3.55. The van der Waals surface area contributed by atoms with Gasteiger partial charge >= 0.3 is 11.9 Å². The first-order chi connectivity index (χ1) is 7.79. The van der Waals surface area contributed by atoms with Crippen molar-refractivity contribution in [3.8, 4) is 0 Å². The normalized spacial score (nSPS) is 11.1. The third-order valence-electron chi connectivity index (χ3n) is 2.19. The molecule has 1 aromatic rings. The fourth-order valence-electron chi connectivity index (χ4n) is 1.25. The molecule has 0 fully saturated rings. The highest BCUT2D eigenvalue weighted by Gasteiger charge is 2.20. The zero-order valence-electron chi connectivity index (χ0n) is 8.87. The zero-order chi connectivity index (χ0) is 13.2. The number of rotatable bonds is 4. The van der Waals surface area contributed by atoms with E-state index in [2.05, 4.69) is 0 Å². The van der Waals surface area contributed by atoms with Gasteiger partial charge in [0.15, 0.2) is 9.84 Å². The van der Waals surface area contributed by atoms with Crippen molar-refractivity contribution in [2.24, 2.45) is 0 Å². The van der Waals surface area contributed by atoms with Crippen molar-refractivity contribution in [2.75, 3.05) is 5.75 Å². The Morgan fingerprint density at radius 3 is 2.06 bits per heavy atom. The largest absolute Gasteiger partial charge is 0.478 e. The smallest absolute Gasteiger partial charge is 0.336 e. The third kappa shape index (κ3) is 2.62. The molecule has 92 valence electrons. The first kappa shape index (κ1) is 13.2. The topological polar surface area (TPSA) is 109 Å². The van der Waals surface area contributed by atoms with E-state index in [9.17, 15) is 18.0 Å². The number of hydrogen-bond donors (Lipinski definition) is 2. The molecule has 7 heteroatoms. The van der Waals surface area contributed by atoms with Crippen molar-refractivity contribution in [3.63, 3.8) is 0 Å². The van der Waals surface area contributed by atoms with Crippen LogP contribution in [0.2, 0.25) is 0 Å². The van der Waals surface area contributed by atoms with Gasteiger partial charge < -0.3 is 10.2 Å². The third-order valence-corrected chi connectivity index (χ3v) is 3.92. The van der Waals surface area contributed by atoms with E-state index in [0.717, 1.165) is 18.2 Å². The van der Waals surface area contributed by atoms with E-state index in [4.69, 9.17) is 10.2 Å². The van der Waals surface area contributed by atoms with Crippen molar-refractivity contribution in [1.29, 1.82) is 0 Å². The standard InChI is InChI=1S/C10H10O6S/c1-2-17(15,16)6-3-4-7(9(11)12)8(5-6)10(13)14/h3-5H,2H2,1H3,(H,11,12)(H,13,14). The molecule has 0 aliphatic rings. The fourth-order valence-corrected chi connectivity index (χ4v) is 2.15. The summed E-state index contributed by atoms with van der Waals surface area (Å²) < 4.78 is 23.0. The Kier molecular flexibility index (Phi) is 3.52. The van der Waals surface area contributed by atoms with Crippen LogP contribution in [0, 0.1) is 0 Å². The highest BCUT2D eigenvalue weighted by atomic mass is 32.2. The van der Waals surface area contributed by atoms with E-state index in [1.54, 1.807) is 0 Å². The summed E-state index contributed by atoms with van der Waals surface area (Å²) in [7, 11) is -3.55. The average Bonchev–Trinajstić information content (AvgIpc) is 2.28. The second kappa shape index (κ2) is 4.54. The first-order valence-corrected chi connectivity index (χ1v) is 6.28. The van der Waals surface area contributed by atoms with Crippen molar-refractivity contribution >= 4 is 21.8 Å². The van der Waals surface area contributed by atoms with Gasteiger partial charge in [0.25, 0.3) is 0 Å². The molecule has 0 spiro atoms. The Balaban J connectivity index is 3.49. The Labute approximate surface area is 97.4 Å². The Hall–Kier alpha value is -1.89. The molecule has 0 aliphatic heterocycles. The molecular weight excluding hydrogens is 248 g/mol. The Morgan fingerprint density at radius 2 is 1.65 bits per heavy atom. The van der Waals surface area contributed by atoms with Gasteiger partial charge in [-0.2, -0.15) is 0 Å². The summed E-state index contributed by atoms with van der Waals surface area (Å²) in [6, 6.07) is 2.94. The maximum absolute atomic E-state index is 11.5. The first-order valence-electron chi connectivity index (χ1n) is 4.63. The van der Waals surface area contributed by atoms with Gasteiger partial charge in [-0.05, 0) is 18.2 Å². The summed E-state index contributed by atoms with van der Waals surface area (Å²) in [6.45, 7) is 1.42. The van der Waals surface area contributed by atoms with Gasteiger partial charge in [0, 0.05) is 0 Å². The number of benzene rings is 1.